The van der Waals surface area contributed by atoms with Gasteiger partial charge in [0.05, 0.1) is 11.7 Å². The first-order valence-corrected chi connectivity index (χ1v) is 8.09. The number of benzene rings is 1. The van der Waals surface area contributed by atoms with Crippen molar-refractivity contribution in [3.05, 3.63) is 52.2 Å². The van der Waals surface area contributed by atoms with E-state index in [9.17, 15) is 0 Å². The first kappa shape index (κ1) is 13.4. The molecule has 0 radical (unpaired) electrons. The van der Waals surface area contributed by atoms with Crippen molar-refractivity contribution in [1.29, 1.82) is 0 Å². The third-order valence-corrected chi connectivity index (χ3v) is 4.85. The van der Waals surface area contributed by atoms with E-state index in [-0.39, 0.29) is 0 Å². The Kier molecular flexibility index (Phi) is 3.88. The van der Waals surface area contributed by atoms with E-state index >= 15 is 0 Å². The number of likely N-dealkylation sites (N-methyl/N-ethyl adjacent to an activating group) is 1. The molecule has 20 heavy (non-hydrogen) atoms. The zero-order chi connectivity index (χ0) is 13.9. The van der Waals surface area contributed by atoms with Crippen molar-refractivity contribution in [1.82, 2.24) is 4.90 Å². The molecule has 104 valence electrons. The number of rotatable bonds is 3. The van der Waals surface area contributed by atoms with Crippen LogP contribution >= 0.6 is 11.3 Å². The monoisotopic (exact) mass is 284 g/mol. The van der Waals surface area contributed by atoms with Crippen LogP contribution in [0.2, 0.25) is 0 Å². The highest BCUT2D eigenvalue weighted by atomic mass is 32.1. The first-order chi connectivity index (χ1) is 9.79. The van der Waals surface area contributed by atoms with Crippen LogP contribution in [0.1, 0.15) is 36.2 Å². The van der Waals surface area contributed by atoms with Gasteiger partial charge in [0, 0.05) is 18.3 Å². The molecule has 2 aromatic rings. The molecule has 0 spiro atoms. The topological polar surface area (TPSA) is 15.6 Å². The van der Waals surface area contributed by atoms with Gasteiger partial charge in [-0.2, -0.15) is 0 Å². The second-order valence-electron chi connectivity index (χ2n) is 5.25. The number of thiophene rings is 1. The summed E-state index contributed by atoms with van der Waals surface area (Å²) < 4.78 is 0. The molecule has 0 saturated carbocycles. The largest absolute Gasteiger partial charge is 0.355 e. The Morgan fingerprint density at radius 1 is 1.25 bits per heavy atom. The third-order valence-electron chi connectivity index (χ3n) is 3.87. The molecule has 1 unspecified atom stereocenters. The predicted octanol–water partition coefficient (Wildman–Crippen LogP) is 4.81. The Hall–Kier alpha value is -1.61. The average Bonchev–Trinajstić information content (AvgIpc) is 2.94. The molecule has 3 rings (SSSR count). The SMILES string of the molecule is CCCC1=Nc2ccccc2CC(c2cccs2)N1C. The van der Waals surface area contributed by atoms with E-state index in [1.165, 1.54) is 16.3 Å². The maximum Gasteiger partial charge on any atom is 0.105 e. The smallest absolute Gasteiger partial charge is 0.105 e. The maximum absolute atomic E-state index is 4.92. The van der Waals surface area contributed by atoms with Gasteiger partial charge in [0.25, 0.3) is 0 Å². The van der Waals surface area contributed by atoms with Crippen molar-refractivity contribution >= 4 is 22.9 Å². The molecule has 2 nitrogen and oxygen atoms in total. The fraction of sp³-hybridized carbons (Fsp3) is 0.353. The Labute approximate surface area is 124 Å². The van der Waals surface area contributed by atoms with Crippen molar-refractivity contribution in [2.24, 2.45) is 4.99 Å². The highest BCUT2D eigenvalue weighted by Gasteiger charge is 2.25. The van der Waals surface area contributed by atoms with Crippen molar-refractivity contribution in [3.63, 3.8) is 0 Å². The quantitative estimate of drug-likeness (QED) is 0.790. The minimum absolute atomic E-state index is 0.406. The zero-order valence-electron chi connectivity index (χ0n) is 12.0. The zero-order valence-corrected chi connectivity index (χ0v) is 12.9. The first-order valence-electron chi connectivity index (χ1n) is 7.21. The molecule has 0 aliphatic carbocycles. The van der Waals surface area contributed by atoms with Gasteiger partial charge in [-0.1, -0.05) is 31.2 Å². The van der Waals surface area contributed by atoms with Crippen molar-refractivity contribution < 1.29 is 0 Å². The second-order valence-corrected chi connectivity index (χ2v) is 6.23. The van der Waals surface area contributed by atoms with Gasteiger partial charge in [-0.3, -0.25) is 0 Å². The molecule has 1 atom stereocenters. The summed E-state index contributed by atoms with van der Waals surface area (Å²) in [5.41, 5.74) is 2.49. The van der Waals surface area contributed by atoms with Crippen LogP contribution in [0.3, 0.4) is 0 Å². The van der Waals surface area contributed by atoms with Crippen LogP contribution in [0.25, 0.3) is 0 Å². The molecular weight excluding hydrogens is 264 g/mol. The molecule has 0 bridgehead atoms. The lowest BCUT2D eigenvalue weighted by molar-refractivity contribution is 0.374. The van der Waals surface area contributed by atoms with Gasteiger partial charge in [-0.15, -0.1) is 11.3 Å². The van der Waals surface area contributed by atoms with Gasteiger partial charge in [0.15, 0.2) is 0 Å². The van der Waals surface area contributed by atoms with Gasteiger partial charge in [0.2, 0.25) is 0 Å². The lowest BCUT2D eigenvalue weighted by atomic mass is 10.0. The van der Waals surface area contributed by atoms with Crippen LogP contribution in [0.5, 0.6) is 0 Å². The highest BCUT2D eigenvalue weighted by molar-refractivity contribution is 7.10. The summed E-state index contributed by atoms with van der Waals surface area (Å²) in [4.78, 5) is 8.71. The summed E-state index contributed by atoms with van der Waals surface area (Å²) in [6.45, 7) is 2.22. The van der Waals surface area contributed by atoms with E-state index in [4.69, 9.17) is 4.99 Å². The Morgan fingerprint density at radius 3 is 2.85 bits per heavy atom. The molecule has 3 heteroatoms. The summed E-state index contributed by atoms with van der Waals surface area (Å²) in [5.74, 6) is 1.20. The standard InChI is InChI=1S/C17H20N2S/c1-3-7-17-18-14-9-5-4-8-13(14)12-15(19(17)2)16-10-6-11-20-16/h4-6,8-11,15H,3,7,12H2,1-2H3. The predicted molar refractivity (Wildman–Crippen MR) is 87.0 cm³/mol. The lowest BCUT2D eigenvalue weighted by Crippen LogP contribution is -2.30. The Balaban J connectivity index is 2.05. The fourth-order valence-corrected chi connectivity index (χ4v) is 3.63. The molecule has 0 N–H and O–H groups in total. The van der Waals surface area contributed by atoms with Gasteiger partial charge in [-0.25, -0.2) is 4.99 Å². The average molecular weight is 284 g/mol. The molecule has 1 aliphatic rings. The van der Waals surface area contributed by atoms with Crippen LogP contribution in [-0.4, -0.2) is 17.8 Å². The van der Waals surface area contributed by atoms with Crippen molar-refractivity contribution in [2.45, 2.75) is 32.2 Å². The number of nitrogens with zero attached hydrogens (tertiary/aromatic N) is 2. The Morgan fingerprint density at radius 2 is 2.10 bits per heavy atom. The summed E-state index contributed by atoms with van der Waals surface area (Å²) >= 11 is 1.84. The van der Waals surface area contributed by atoms with E-state index in [1.807, 2.05) is 11.3 Å². The number of aliphatic imine (C=N–C) groups is 1. The normalized spacial score (nSPS) is 18.4. The van der Waals surface area contributed by atoms with Crippen molar-refractivity contribution in [2.75, 3.05) is 7.05 Å². The van der Waals surface area contributed by atoms with E-state index in [1.54, 1.807) is 0 Å². The maximum atomic E-state index is 4.92. The molecule has 1 aromatic carbocycles. The Bertz CT molecular complexity index is 601. The van der Waals surface area contributed by atoms with Crippen LogP contribution in [0.15, 0.2) is 46.8 Å². The van der Waals surface area contributed by atoms with Gasteiger partial charge in [0.1, 0.15) is 5.84 Å². The van der Waals surface area contributed by atoms with Gasteiger partial charge >= 0.3 is 0 Å². The van der Waals surface area contributed by atoms with Crippen molar-refractivity contribution in [3.8, 4) is 0 Å². The lowest BCUT2D eigenvalue weighted by Gasteiger charge is -2.28. The number of para-hydroxylation sites is 1. The fourth-order valence-electron chi connectivity index (χ4n) is 2.76. The molecular formula is C17H20N2S. The summed E-state index contributed by atoms with van der Waals surface area (Å²) in [6.07, 6.45) is 3.19. The number of hydrogen-bond acceptors (Lipinski definition) is 3. The third kappa shape index (κ3) is 2.50. The summed E-state index contributed by atoms with van der Waals surface area (Å²) in [7, 11) is 2.19. The molecule has 1 aromatic heterocycles. The summed E-state index contributed by atoms with van der Waals surface area (Å²) in [6, 6.07) is 13.3. The van der Waals surface area contributed by atoms with E-state index in [0.717, 1.165) is 24.9 Å². The minimum Gasteiger partial charge on any atom is -0.355 e. The van der Waals surface area contributed by atoms with Gasteiger partial charge in [-0.05, 0) is 35.9 Å². The van der Waals surface area contributed by atoms with Crippen LogP contribution < -0.4 is 0 Å². The van der Waals surface area contributed by atoms with E-state index in [0.29, 0.717) is 6.04 Å². The number of fused-ring (bicyclic) bond motifs is 1. The number of amidine groups is 1. The minimum atomic E-state index is 0.406. The summed E-state index contributed by atoms with van der Waals surface area (Å²) in [5, 5.41) is 2.16. The second kappa shape index (κ2) is 5.80. The molecule has 1 aliphatic heterocycles. The van der Waals surface area contributed by atoms with E-state index in [2.05, 4.69) is 60.6 Å². The van der Waals surface area contributed by atoms with Gasteiger partial charge < -0.3 is 4.90 Å². The van der Waals surface area contributed by atoms with Crippen LogP contribution in [0, 0.1) is 0 Å². The van der Waals surface area contributed by atoms with Crippen LogP contribution in [-0.2, 0) is 6.42 Å². The highest BCUT2D eigenvalue weighted by Crippen LogP contribution is 2.35. The molecule has 2 heterocycles. The molecule has 0 amide bonds. The number of hydrogen-bond donors (Lipinski definition) is 0. The molecule has 0 fully saturated rings. The van der Waals surface area contributed by atoms with E-state index < -0.39 is 0 Å². The van der Waals surface area contributed by atoms with Crippen LogP contribution in [0.4, 0.5) is 5.69 Å². The molecule has 0 saturated heterocycles.